The Morgan fingerprint density at radius 3 is 2.56 bits per heavy atom. The molecule has 7 nitrogen and oxygen atoms in total. The Bertz CT molecular complexity index is 854. The van der Waals surface area contributed by atoms with Gasteiger partial charge in [-0.05, 0) is 24.3 Å². The van der Waals surface area contributed by atoms with E-state index in [9.17, 15) is 14.9 Å². The van der Waals surface area contributed by atoms with Crippen LogP contribution in [0.15, 0.2) is 42.5 Å². The predicted molar refractivity (Wildman–Crippen MR) is 106 cm³/mol. The van der Waals surface area contributed by atoms with Crippen molar-refractivity contribution >= 4 is 46.2 Å². The number of quaternary nitrogens is 1. The fourth-order valence-electron chi connectivity index (χ4n) is 3.14. The molecular weight excluding hydrogens is 391 g/mol. The maximum atomic E-state index is 12.3. The van der Waals surface area contributed by atoms with Crippen LogP contribution in [0.25, 0.3) is 0 Å². The minimum Gasteiger partial charge on any atom is -0.359 e. The lowest BCUT2D eigenvalue weighted by molar-refractivity contribution is -0.892. The molecule has 0 spiro atoms. The van der Waals surface area contributed by atoms with Crippen molar-refractivity contribution in [3.63, 3.8) is 0 Å². The number of carbonyl (C=O) groups is 1. The molecule has 0 unspecified atom stereocenters. The van der Waals surface area contributed by atoms with Crippen molar-refractivity contribution in [1.29, 1.82) is 0 Å². The summed E-state index contributed by atoms with van der Waals surface area (Å²) < 4.78 is 0. The lowest BCUT2D eigenvalue weighted by atomic mass is 10.2. The van der Waals surface area contributed by atoms with Crippen LogP contribution in [-0.4, -0.2) is 43.6 Å². The van der Waals surface area contributed by atoms with Gasteiger partial charge >= 0.3 is 0 Å². The number of para-hydroxylation sites is 1. The highest BCUT2D eigenvalue weighted by Crippen LogP contribution is 2.27. The number of amides is 1. The molecule has 2 N–H and O–H groups in total. The van der Waals surface area contributed by atoms with Crippen LogP contribution in [0, 0.1) is 10.1 Å². The SMILES string of the molecule is O=C(C[NH+]1CCN(c2ccccc2Cl)CC1)Nc1cc(Cl)ccc1[N+](=O)[O-]. The number of halogens is 2. The average Bonchev–Trinajstić information content (AvgIpc) is 2.62. The lowest BCUT2D eigenvalue weighted by Gasteiger charge is -2.33. The predicted octanol–water partition coefficient (Wildman–Crippen LogP) is 2.25. The highest BCUT2D eigenvalue weighted by Gasteiger charge is 2.24. The third-order valence-electron chi connectivity index (χ3n) is 4.50. The Kier molecular flexibility index (Phi) is 6.15. The van der Waals surface area contributed by atoms with Gasteiger partial charge in [0.2, 0.25) is 0 Å². The van der Waals surface area contributed by atoms with E-state index in [1.54, 1.807) is 0 Å². The van der Waals surface area contributed by atoms with Gasteiger partial charge in [-0.2, -0.15) is 0 Å². The number of nitro benzene ring substituents is 1. The number of hydrogen-bond acceptors (Lipinski definition) is 4. The number of hydrogen-bond donors (Lipinski definition) is 2. The Morgan fingerprint density at radius 1 is 1.19 bits per heavy atom. The summed E-state index contributed by atoms with van der Waals surface area (Å²) in [4.78, 5) is 26.2. The van der Waals surface area contributed by atoms with Crippen molar-refractivity contribution in [2.24, 2.45) is 0 Å². The first-order valence-corrected chi connectivity index (χ1v) is 9.26. The van der Waals surface area contributed by atoms with Gasteiger partial charge in [0.1, 0.15) is 5.69 Å². The molecule has 1 aliphatic rings. The van der Waals surface area contributed by atoms with Gasteiger partial charge in [0.25, 0.3) is 11.6 Å². The van der Waals surface area contributed by atoms with Crippen LogP contribution < -0.4 is 15.1 Å². The van der Waals surface area contributed by atoms with Crippen molar-refractivity contribution < 1.29 is 14.6 Å². The van der Waals surface area contributed by atoms with Crippen LogP contribution in [0.2, 0.25) is 10.0 Å². The summed E-state index contributed by atoms with van der Waals surface area (Å²) in [6, 6.07) is 11.8. The minimum absolute atomic E-state index is 0.117. The van der Waals surface area contributed by atoms with E-state index in [1.807, 2.05) is 24.3 Å². The molecule has 3 rings (SSSR count). The van der Waals surface area contributed by atoms with Crippen molar-refractivity contribution in [3.05, 3.63) is 62.6 Å². The Labute approximate surface area is 166 Å². The maximum absolute atomic E-state index is 12.3. The van der Waals surface area contributed by atoms with Crippen molar-refractivity contribution in [2.75, 3.05) is 42.9 Å². The second kappa shape index (κ2) is 8.56. The summed E-state index contributed by atoms with van der Waals surface area (Å²) >= 11 is 12.1. The molecule has 142 valence electrons. The summed E-state index contributed by atoms with van der Waals surface area (Å²) in [5, 5.41) is 14.7. The number of benzene rings is 2. The summed E-state index contributed by atoms with van der Waals surface area (Å²) in [5.41, 5.74) is 0.940. The van der Waals surface area contributed by atoms with Gasteiger partial charge in [-0.15, -0.1) is 0 Å². The van der Waals surface area contributed by atoms with Gasteiger partial charge in [0.15, 0.2) is 6.54 Å². The van der Waals surface area contributed by atoms with Gasteiger partial charge in [-0.1, -0.05) is 35.3 Å². The zero-order valence-corrected chi connectivity index (χ0v) is 16.0. The van der Waals surface area contributed by atoms with Crippen LogP contribution >= 0.6 is 23.2 Å². The number of carbonyl (C=O) groups excluding carboxylic acids is 1. The maximum Gasteiger partial charge on any atom is 0.292 e. The lowest BCUT2D eigenvalue weighted by Crippen LogP contribution is -3.15. The molecule has 0 bridgehead atoms. The molecule has 0 aromatic heterocycles. The molecule has 0 aliphatic carbocycles. The molecule has 9 heteroatoms. The van der Waals surface area contributed by atoms with E-state index < -0.39 is 4.92 Å². The quantitative estimate of drug-likeness (QED) is 0.586. The number of nitro groups is 1. The largest absolute Gasteiger partial charge is 0.359 e. The second-order valence-corrected chi connectivity index (χ2v) is 7.18. The van der Waals surface area contributed by atoms with E-state index in [1.165, 1.54) is 18.2 Å². The Balaban J connectivity index is 1.57. The Morgan fingerprint density at radius 2 is 1.89 bits per heavy atom. The van der Waals surface area contributed by atoms with Gasteiger partial charge < -0.3 is 15.1 Å². The average molecular weight is 410 g/mol. The normalized spacial score (nSPS) is 14.8. The monoisotopic (exact) mass is 409 g/mol. The molecule has 1 amide bonds. The van der Waals surface area contributed by atoms with Crippen molar-refractivity contribution in [1.82, 2.24) is 0 Å². The number of anilines is 2. The first-order chi connectivity index (χ1) is 12.9. The number of nitrogens with one attached hydrogen (secondary N) is 2. The van der Waals surface area contributed by atoms with E-state index in [4.69, 9.17) is 23.2 Å². The summed E-state index contributed by atoms with van der Waals surface area (Å²) in [6.45, 7) is 3.35. The fourth-order valence-corrected chi connectivity index (χ4v) is 3.57. The first kappa shape index (κ1) is 19.4. The highest BCUT2D eigenvalue weighted by atomic mass is 35.5. The van der Waals surface area contributed by atoms with Gasteiger partial charge in [0.05, 0.1) is 41.8 Å². The third kappa shape index (κ3) is 4.88. The van der Waals surface area contributed by atoms with Crippen LogP contribution in [0.5, 0.6) is 0 Å². The van der Waals surface area contributed by atoms with Crippen molar-refractivity contribution in [3.8, 4) is 0 Å². The molecule has 27 heavy (non-hydrogen) atoms. The van der Waals surface area contributed by atoms with E-state index >= 15 is 0 Å². The van der Waals surface area contributed by atoms with Gasteiger partial charge in [-0.25, -0.2) is 0 Å². The number of rotatable bonds is 5. The van der Waals surface area contributed by atoms with E-state index in [0.717, 1.165) is 36.8 Å². The zero-order chi connectivity index (χ0) is 19.4. The van der Waals surface area contributed by atoms with Gasteiger partial charge in [0, 0.05) is 11.1 Å². The topological polar surface area (TPSA) is 79.9 Å². The zero-order valence-electron chi connectivity index (χ0n) is 14.5. The molecule has 2 aromatic carbocycles. The second-order valence-electron chi connectivity index (χ2n) is 6.33. The number of nitrogens with zero attached hydrogens (tertiary/aromatic N) is 2. The molecule has 1 heterocycles. The molecule has 1 saturated heterocycles. The van der Waals surface area contributed by atoms with Crippen LogP contribution in [0.3, 0.4) is 0 Å². The van der Waals surface area contributed by atoms with E-state index in [2.05, 4.69) is 10.2 Å². The first-order valence-electron chi connectivity index (χ1n) is 8.51. The molecule has 1 aliphatic heterocycles. The van der Waals surface area contributed by atoms with Crippen LogP contribution in [0.4, 0.5) is 17.1 Å². The smallest absolute Gasteiger partial charge is 0.292 e. The third-order valence-corrected chi connectivity index (χ3v) is 5.06. The Hall–Kier alpha value is -2.35. The van der Waals surface area contributed by atoms with Crippen LogP contribution in [0.1, 0.15) is 0 Å². The standard InChI is InChI=1S/C18H18Cl2N4O3/c19-13-5-6-17(24(26)27)15(11-13)21-18(25)12-22-7-9-23(10-8-22)16-4-2-1-3-14(16)20/h1-6,11H,7-10,12H2,(H,21,25)/p+1. The molecular formula is C18H19Cl2N4O3+. The summed E-state index contributed by atoms with van der Waals surface area (Å²) in [6.07, 6.45) is 0. The van der Waals surface area contributed by atoms with Crippen molar-refractivity contribution in [2.45, 2.75) is 0 Å². The number of piperazine rings is 1. The summed E-state index contributed by atoms with van der Waals surface area (Å²) in [5.74, 6) is -0.276. The molecule has 1 fully saturated rings. The molecule has 0 saturated carbocycles. The van der Waals surface area contributed by atoms with E-state index in [-0.39, 0.29) is 23.8 Å². The summed E-state index contributed by atoms with van der Waals surface area (Å²) in [7, 11) is 0. The highest BCUT2D eigenvalue weighted by molar-refractivity contribution is 6.33. The van der Waals surface area contributed by atoms with Crippen LogP contribution in [-0.2, 0) is 4.79 Å². The molecule has 2 aromatic rings. The molecule has 0 atom stereocenters. The fraction of sp³-hybridized carbons (Fsp3) is 0.278. The van der Waals surface area contributed by atoms with Gasteiger partial charge in [-0.3, -0.25) is 14.9 Å². The van der Waals surface area contributed by atoms with E-state index in [0.29, 0.717) is 10.0 Å². The minimum atomic E-state index is -0.541. The molecule has 0 radical (unpaired) electrons.